The van der Waals surface area contributed by atoms with Gasteiger partial charge in [-0.05, 0) is 37.1 Å². The molecule has 2 rings (SSSR count). The Morgan fingerprint density at radius 2 is 1.81 bits per heavy atom. The minimum absolute atomic E-state index is 0.367. The first-order chi connectivity index (χ1) is 7.65. The fourth-order valence-corrected chi connectivity index (χ4v) is 1.56. The molecule has 0 N–H and O–H groups in total. The van der Waals surface area contributed by atoms with Crippen LogP contribution in [0.5, 0.6) is 11.8 Å². The van der Waals surface area contributed by atoms with Gasteiger partial charge in [0.05, 0.1) is 0 Å². The highest BCUT2D eigenvalue weighted by atomic mass is 79.9. The van der Waals surface area contributed by atoms with E-state index in [2.05, 4.69) is 25.9 Å². The molecule has 0 aliphatic rings. The number of hydrogen-bond donors (Lipinski definition) is 0. The van der Waals surface area contributed by atoms with Crippen molar-refractivity contribution in [3.05, 3.63) is 46.2 Å². The molecule has 0 atom stereocenters. The van der Waals surface area contributed by atoms with Crippen LogP contribution in [-0.2, 0) is 0 Å². The highest BCUT2D eigenvalue weighted by Crippen LogP contribution is 2.25. The highest BCUT2D eigenvalue weighted by molar-refractivity contribution is 9.10. The Balaban J connectivity index is 2.26. The average Bonchev–Trinajstić information content (AvgIpc) is 2.27. The maximum absolute atomic E-state index is 5.59. The maximum atomic E-state index is 5.59. The van der Waals surface area contributed by atoms with Gasteiger partial charge in [0.25, 0.3) is 0 Å². The second-order valence-corrected chi connectivity index (χ2v) is 4.47. The Bertz CT molecular complexity index is 497. The van der Waals surface area contributed by atoms with E-state index in [1.165, 1.54) is 0 Å². The number of benzene rings is 1. The number of rotatable bonds is 2. The van der Waals surface area contributed by atoms with Crippen LogP contribution in [-0.4, -0.2) is 9.97 Å². The summed E-state index contributed by atoms with van der Waals surface area (Å²) in [7, 11) is 0. The van der Waals surface area contributed by atoms with Crippen molar-refractivity contribution in [2.75, 3.05) is 0 Å². The first-order valence-corrected chi connectivity index (χ1v) is 5.67. The third-order valence-electron chi connectivity index (χ3n) is 2.11. The number of aromatic nitrogens is 2. The van der Waals surface area contributed by atoms with Gasteiger partial charge in [0.15, 0.2) is 0 Å². The molecule has 82 valence electrons. The summed E-state index contributed by atoms with van der Waals surface area (Å²) in [4.78, 5) is 8.19. The lowest BCUT2D eigenvalue weighted by atomic mass is 10.2. The van der Waals surface area contributed by atoms with Crippen LogP contribution in [0.2, 0.25) is 0 Å². The van der Waals surface area contributed by atoms with E-state index in [-0.39, 0.29) is 0 Å². The van der Waals surface area contributed by atoms with Gasteiger partial charge in [-0.25, -0.2) is 9.97 Å². The summed E-state index contributed by atoms with van der Waals surface area (Å²) < 4.78 is 6.57. The van der Waals surface area contributed by atoms with Gasteiger partial charge in [0.1, 0.15) is 5.75 Å². The van der Waals surface area contributed by atoms with Crippen molar-refractivity contribution in [2.24, 2.45) is 0 Å². The third-order valence-corrected chi connectivity index (χ3v) is 2.60. The van der Waals surface area contributed by atoms with Crippen molar-refractivity contribution in [1.82, 2.24) is 9.97 Å². The predicted molar refractivity (Wildman–Crippen MR) is 65.7 cm³/mol. The van der Waals surface area contributed by atoms with Gasteiger partial charge < -0.3 is 4.74 Å². The topological polar surface area (TPSA) is 35.0 Å². The van der Waals surface area contributed by atoms with Crippen molar-refractivity contribution in [3.8, 4) is 11.8 Å². The third kappa shape index (κ3) is 2.58. The van der Waals surface area contributed by atoms with Gasteiger partial charge >= 0.3 is 6.01 Å². The summed E-state index contributed by atoms with van der Waals surface area (Å²) in [6, 6.07) is 6.22. The molecule has 0 radical (unpaired) electrons. The lowest BCUT2D eigenvalue weighted by Gasteiger charge is -2.07. The summed E-state index contributed by atoms with van der Waals surface area (Å²) >= 11 is 3.40. The van der Waals surface area contributed by atoms with E-state index >= 15 is 0 Å². The zero-order valence-electron chi connectivity index (χ0n) is 9.07. The number of nitrogens with zero attached hydrogens (tertiary/aromatic N) is 2. The van der Waals surface area contributed by atoms with Crippen LogP contribution < -0.4 is 4.74 Å². The Hall–Kier alpha value is -1.42. The molecule has 0 aliphatic carbocycles. The fraction of sp³-hybridized carbons (Fsp3) is 0.167. The number of ether oxygens (including phenoxy) is 1. The quantitative estimate of drug-likeness (QED) is 0.841. The van der Waals surface area contributed by atoms with Crippen molar-refractivity contribution < 1.29 is 4.74 Å². The van der Waals surface area contributed by atoms with Crippen LogP contribution in [0.15, 0.2) is 35.1 Å². The molecule has 4 heteroatoms. The van der Waals surface area contributed by atoms with Crippen LogP contribution in [0.25, 0.3) is 0 Å². The molecule has 3 nitrogen and oxygen atoms in total. The maximum Gasteiger partial charge on any atom is 0.321 e. The minimum atomic E-state index is 0.367. The molecule has 0 amide bonds. The van der Waals surface area contributed by atoms with E-state index in [1.54, 1.807) is 12.4 Å². The van der Waals surface area contributed by atoms with Gasteiger partial charge in [-0.3, -0.25) is 0 Å². The van der Waals surface area contributed by atoms with Crippen molar-refractivity contribution in [3.63, 3.8) is 0 Å². The summed E-state index contributed by atoms with van der Waals surface area (Å²) in [6.45, 7) is 3.92. The molecule has 0 bridgehead atoms. The van der Waals surface area contributed by atoms with E-state index < -0.39 is 0 Å². The molecule has 16 heavy (non-hydrogen) atoms. The van der Waals surface area contributed by atoms with Crippen LogP contribution in [0.1, 0.15) is 11.1 Å². The summed E-state index contributed by atoms with van der Waals surface area (Å²) in [5, 5.41) is 0. The van der Waals surface area contributed by atoms with Crippen LogP contribution in [0.3, 0.4) is 0 Å². The SMILES string of the molecule is Cc1cnc(Oc2cc(Br)ccc2C)nc1. The molecule has 1 aromatic carbocycles. The van der Waals surface area contributed by atoms with E-state index in [0.29, 0.717) is 6.01 Å². The number of halogens is 1. The average molecular weight is 279 g/mol. The Morgan fingerprint density at radius 3 is 2.50 bits per heavy atom. The van der Waals surface area contributed by atoms with Crippen LogP contribution in [0.4, 0.5) is 0 Å². The highest BCUT2D eigenvalue weighted by Gasteiger charge is 2.03. The Morgan fingerprint density at radius 1 is 1.12 bits per heavy atom. The van der Waals surface area contributed by atoms with E-state index in [0.717, 1.165) is 21.3 Å². The predicted octanol–water partition coefficient (Wildman–Crippen LogP) is 3.65. The van der Waals surface area contributed by atoms with E-state index in [1.807, 2.05) is 32.0 Å². The van der Waals surface area contributed by atoms with Gasteiger partial charge in [-0.2, -0.15) is 0 Å². The molecule has 0 aliphatic heterocycles. The lowest BCUT2D eigenvalue weighted by Crippen LogP contribution is -1.93. The zero-order chi connectivity index (χ0) is 11.5. The molecule has 0 unspecified atom stereocenters. The second-order valence-electron chi connectivity index (χ2n) is 3.55. The molecule has 0 fully saturated rings. The molecular weight excluding hydrogens is 268 g/mol. The largest absolute Gasteiger partial charge is 0.424 e. The summed E-state index contributed by atoms with van der Waals surface area (Å²) in [5.41, 5.74) is 2.06. The van der Waals surface area contributed by atoms with Crippen molar-refractivity contribution in [2.45, 2.75) is 13.8 Å². The first kappa shape index (κ1) is 11.1. The van der Waals surface area contributed by atoms with Crippen LogP contribution in [0, 0.1) is 13.8 Å². The van der Waals surface area contributed by atoms with Crippen LogP contribution >= 0.6 is 15.9 Å². The molecular formula is C12H11BrN2O. The number of hydrogen-bond acceptors (Lipinski definition) is 3. The Labute approximate surface area is 103 Å². The zero-order valence-corrected chi connectivity index (χ0v) is 10.7. The van der Waals surface area contributed by atoms with E-state index in [4.69, 9.17) is 4.74 Å². The molecule has 1 aromatic heterocycles. The molecule has 1 heterocycles. The summed E-state index contributed by atoms with van der Waals surface area (Å²) in [5.74, 6) is 0.762. The molecule has 2 aromatic rings. The summed E-state index contributed by atoms with van der Waals surface area (Å²) in [6.07, 6.45) is 3.46. The first-order valence-electron chi connectivity index (χ1n) is 4.88. The van der Waals surface area contributed by atoms with Gasteiger partial charge in [-0.15, -0.1) is 0 Å². The van der Waals surface area contributed by atoms with Gasteiger partial charge in [0, 0.05) is 16.9 Å². The van der Waals surface area contributed by atoms with Gasteiger partial charge in [-0.1, -0.05) is 22.0 Å². The van der Waals surface area contributed by atoms with Crippen molar-refractivity contribution in [1.29, 1.82) is 0 Å². The molecule has 0 saturated carbocycles. The minimum Gasteiger partial charge on any atom is -0.424 e. The molecule has 0 spiro atoms. The normalized spacial score (nSPS) is 10.2. The smallest absolute Gasteiger partial charge is 0.321 e. The van der Waals surface area contributed by atoms with Crippen molar-refractivity contribution >= 4 is 15.9 Å². The van der Waals surface area contributed by atoms with Gasteiger partial charge in [0.2, 0.25) is 0 Å². The number of aryl methyl sites for hydroxylation is 2. The second kappa shape index (κ2) is 4.61. The fourth-order valence-electron chi connectivity index (χ4n) is 1.22. The Kier molecular flexibility index (Phi) is 3.19. The monoisotopic (exact) mass is 278 g/mol. The standard InChI is InChI=1S/C12H11BrN2O/c1-8-6-14-12(15-7-8)16-11-5-10(13)4-3-9(11)2/h3-7H,1-2H3. The lowest BCUT2D eigenvalue weighted by molar-refractivity contribution is 0.438. The molecule has 0 saturated heterocycles. The van der Waals surface area contributed by atoms with E-state index in [9.17, 15) is 0 Å².